The van der Waals surface area contributed by atoms with Gasteiger partial charge in [0.15, 0.2) is 0 Å². The number of para-hydroxylation sites is 2. The van der Waals surface area contributed by atoms with Crippen molar-refractivity contribution in [3.05, 3.63) is 65.6 Å². The fourth-order valence-electron chi connectivity index (χ4n) is 3.06. The Labute approximate surface area is 156 Å². The zero-order valence-corrected chi connectivity index (χ0v) is 15.8. The molecule has 1 saturated heterocycles. The lowest BCUT2D eigenvalue weighted by Crippen LogP contribution is -2.46. The lowest BCUT2D eigenvalue weighted by atomic mass is 10.2. The van der Waals surface area contributed by atoms with Gasteiger partial charge in [0.2, 0.25) is 0 Å². The summed E-state index contributed by atoms with van der Waals surface area (Å²) >= 11 is 0. The van der Waals surface area contributed by atoms with Gasteiger partial charge in [-0.05, 0) is 30.3 Å². The van der Waals surface area contributed by atoms with Crippen molar-refractivity contribution < 1.29 is 8.42 Å². The number of hydrogen-bond donors (Lipinski definition) is 1. The number of nitrogens with zero attached hydrogens (tertiary/aromatic N) is 2. The summed E-state index contributed by atoms with van der Waals surface area (Å²) in [6.45, 7) is 6.99. The van der Waals surface area contributed by atoms with E-state index in [2.05, 4.69) is 21.4 Å². The maximum atomic E-state index is 12.5. The summed E-state index contributed by atoms with van der Waals surface area (Å²) in [7, 11) is -3.58. The molecule has 0 bridgehead atoms. The van der Waals surface area contributed by atoms with Crippen molar-refractivity contribution in [2.75, 3.05) is 42.3 Å². The monoisotopic (exact) mass is 371 g/mol. The van der Waals surface area contributed by atoms with Crippen LogP contribution < -0.4 is 9.62 Å². The third-order valence-electron chi connectivity index (χ3n) is 4.56. The van der Waals surface area contributed by atoms with Gasteiger partial charge in [-0.3, -0.25) is 4.72 Å². The van der Waals surface area contributed by atoms with Gasteiger partial charge in [-0.25, -0.2) is 8.42 Å². The molecule has 0 atom stereocenters. The average Bonchev–Trinajstić information content (AvgIpc) is 2.68. The minimum absolute atomic E-state index is 0.621. The van der Waals surface area contributed by atoms with Crippen LogP contribution in [0.5, 0.6) is 0 Å². The van der Waals surface area contributed by atoms with Gasteiger partial charge in [0.25, 0.3) is 10.0 Å². The van der Waals surface area contributed by atoms with Crippen molar-refractivity contribution in [1.29, 1.82) is 0 Å². The largest absolute Gasteiger partial charge is 0.367 e. The highest BCUT2D eigenvalue weighted by Gasteiger charge is 2.19. The molecule has 138 valence electrons. The number of nitrogens with one attached hydrogen (secondary N) is 1. The summed E-state index contributed by atoms with van der Waals surface area (Å²) in [6, 6.07) is 17.0. The molecule has 0 spiro atoms. The highest BCUT2D eigenvalue weighted by molar-refractivity contribution is 7.95. The summed E-state index contributed by atoms with van der Waals surface area (Å²) in [5, 5.41) is 1.22. The SMILES string of the molecule is CCN1CCN(c2ccccc2NS(=O)(=O)/C=C/c2ccccc2)CC1. The van der Waals surface area contributed by atoms with Gasteiger partial charge in [0.05, 0.1) is 16.8 Å². The molecule has 6 heteroatoms. The Balaban J connectivity index is 1.74. The van der Waals surface area contributed by atoms with Crippen molar-refractivity contribution in [2.45, 2.75) is 6.92 Å². The van der Waals surface area contributed by atoms with E-state index in [4.69, 9.17) is 0 Å². The van der Waals surface area contributed by atoms with E-state index in [9.17, 15) is 8.42 Å². The first-order valence-corrected chi connectivity index (χ1v) is 10.4. The smallest absolute Gasteiger partial charge is 0.255 e. The molecule has 1 fully saturated rings. The molecule has 1 aliphatic heterocycles. The zero-order valence-electron chi connectivity index (χ0n) is 15.0. The molecule has 1 N–H and O–H groups in total. The molecular formula is C20H25N3O2S. The standard InChI is InChI=1S/C20H25N3O2S/c1-2-22-13-15-23(16-14-22)20-11-7-6-10-19(20)21-26(24,25)17-12-18-8-4-3-5-9-18/h3-12,17,21H,2,13-16H2,1H3/b17-12+. The topological polar surface area (TPSA) is 52.6 Å². The van der Waals surface area contributed by atoms with Crippen LogP contribution in [0.2, 0.25) is 0 Å². The minimum atomic E-state index is -3.58. The second-order valence-corrected chi connectivity index (χ2v) is 7.87. The molecular weight excluding hydrogens is 346 g/mol. The van der Waals surface area contributed by atoms with Crippen molar-refractivity contribution in [1.82, 2.24) is 4.90 Å². The molecule has 0 saturated carbocycles. The van der Waals surface area contributed by atoms with E-state index in [1.807, 2.05) is 54.6 Å². The Morgan fingerprint density at radius 1 is 0.962 bits per heavy atom. The van der Waals surface area contributed by atoms with Crippen LogP contribution in [0.15, 0.2) is 60.0 Å². The predicted octanol–water partition coefficient (Wildman–Crippen LogP) is 3.24. The first-order valence-electron chi connectivity index (χ1n) is 8.90. The number of anilines is 2. The average molecular weight is 372 g/mol. The van der Waals surface area contributed by atoms with Crippen LogP contribution in [0.1, 0.15) is 12.5 Å². The molecule has 5 nitrogen and oxygen atoms in total. The van der Waals surface area contributed by atoms with Gasteiger partial charge < -0.3 is 9.80 Å². The molecule has 0 aliphatic carbocycles. The van der Waals surface area contributed by atoms with Gasteiger partial charge in [-0.1, -0.05) is 49.4 Å². The number of sulfonamides is 1. The molecule has 0 amide bonds. The Bertz CT molecular complexity index is 842. The van der Waals surface area contributed by atoms with Gasteiger partial charge in [0, 0.05) is 26.2 Å². The molecule has 1 heterocycles. The quantitative estimate of drug-likeness (QED) is 0.847. The second-order valence-electron chi connectivity index (χ2n) is 6.30. The lowest BCUT2D eigenvalue weighted by Gasteiger charge is -2.36. The summed E-state index contributed by atoms with van der Waals surface area (Å²) in [5.74, 6) is 0. The van der Waals surface area contributed by atoms with Crippen LogP contribution in [0.3, 0.4) is 0 Å². The highest BCUT2D eigenvalue weighted by Crippen LogP contribution is 2.27. The van der Waals surface area contributed by atoms with E-state index in [1.165, 1.54) is 5.41 Å². The van der Waals surface area contributed by atoms with Gasteiger partial charge in [-0.15, -0.1) is 0 Å². The maximum Gasteiger partial charge on any atom is 0.255 e. The number of hydrogen-bond acceptors (Lipinski definition) is 4. The Morgan fingerprint density at radius 3 is 2.31 bits per heavy atom. The Kier molecular flexibility index (Phi) is 5.96. The molecule has 3 rings (SSSR count). The first-order chi connectivity index (χ1) is 12.6. The second kappa shape index (κ2) is 8.38. The maximum absolute atomic E-state index is 12.5. The Hall–Kier alpha value is -2.31. The normalized spacial score (nSPS) is 16.1. The summed E-state index contributed by atoms with van der Waals surface area (Å²) in [6.07, 6.45) is 1.60. The molecule has 2 aromatic rings. The molecule has 0 radical (unpaired) electrons. The fourth-order valence-corrected chi connectivity index (χ4v) is 3.94. The van der Waals surface area contributed by atoms with Crippen LogP contribution in [0.4, 0.5) is 11.4 Å². The number of piperazine rings is 1. The summed E-state index contributed by atoms with van der Waals surface area (Å²) in [5.41, 5.74) is 2.40. The van der Waals surface area contributed by atoms with Crippen molar-refractivity contribution >= 4 is 27.5 Å². The summed E-state index contributed by atoms with van der Waals surface area (Å²) in [4.78, 5) is 4.64. The van der Waals surface area contributed by atoms with E-state index in [1.54, 1.807) is 6.08 Å². The predicted molar refractivity (Wildman–Crippen MR) is 109 cm³/mol. The van der Waals surface area contributed by atoms with Crippen molar-refractivity contribution in [3.63, 3.8) is 0 Å². The number of benzene rings is 2. The van der Waals surface area contributed by atoms with Gasteiger partial charge >= 0.3 is 0 Å². The van der Waals surface area contributed by atoms with E-state index in [0.717, 1.165) is 44.0 Å². The fraction of sp³-hybridized carbons (Fsp3) is 0.300. The highest BCUT2D eigenvalue weighted by atomic mass is 32.2. The van der Waals surface area contributed by atoms with Crippen LogP contribution in [-0.2, 0) is 10.0 Å². The van der Waals surface area contributed by atoms with E-state index in [-0.39, 0.29) is 0 Å². The third-order valence-corrected chi connectivity index (χ3v) is 5.55. The van der Waals surface area contributed by atoms with Crippen LogP contribution in [0.25, 0.3) is 6.08 Å². The first kappa shape index (κ1) is 18.5. The summed E-state index contributed by atoms with van der Waals surface area (Å²) < 4.78 is 27.7. The van der Waals surface area contributed by atoms with E-state index < -0.39 is 10.0 Å². The minimum Gasteiger partial charge on any atom is -0.367 e. The third kappa shape index (κ3) is 4.86. The van der Waals surface area contributed by atoms with Crippen molar-refractivity contribution in [2.24, 2.45) is 0 Å². The number of rotatable bonds is 6. The molecule has 26 heavy (non-hydrogen) atoms. The molecule has 0 aromatic heterocycles. The Morgan fingerprint density at radius 2 is 1.62 bits per heavy atom. The molecule has 0 unspecified atom stereocenters. The molecule has 2 aromatic carbocycles. The van der Waals surface area contributed by atoms with Crippen LogP contribution in [0, 0.1) is 0 Å². The number of likely N-dealkylation sites (N-methyl/N-ethyl adjacent to an activating group) is 1. The van der Waals surface area contributed by atoms with Gasteiger partial charge in [-0.2, -0.15) is 0 Å². The zero-order chi connectivity index (χ0) is 18.4. The van der Waals surface area contributed by atoms with E-state index in [0.29, 0.717) is 5.69 Å². The van der Waals surface area contributed by atoms with E-state index >= 15 is 0 Å². The van der Waals surface area contributed by atoms with Gasteiger partial charge in [0.1, 0.15) is 0 Å². The van der Waals surface area contributed by atoms with Crippen molar-refractivity contribution in [3.8, 4) is 0 Å². The molecule has 1 aliphatic rings. The van der Waals surface area contributed by atoms with Crippen LogP contribution >= 0.6 is 0 Å². The lowest BCUT2D eigenvalue weighted by molar-refractivity contribution is 0.271. The van der Waals surface area contributed by atoms with Crippen LogP contribution in [-0.4, -0.2) is 46.0 Å².